The fourth-order valence-electron chi connectivity index (χ4n) is 1.81. The summed E-state index contributed by atoms with van der Waals surface area (Å²) in [6, 6.07) is 17.6. The molecule has 0 heterocycles. The Bertz CT molecular complexity index is 557. The molecule has 0 saturated heterocycles. The molecular formula is C16H18N2OS. The number of benzene rings is 2. The highest BCUT2D eigenvalue weighted by Gasteiger charge is 2.05. The van der Waals surface area contributed by atoms with E-state index < -0.39 is 0 Å². The Hall–Kier alpha value is -1.94. The van der Waals surface area contributed by atoms with E-state index in [0.717, 1.165) is 11.3 Å². The smallest absolute Gasteiger partial charge is 0.224 e. The van der Waals surface area contributed by atoms with Gasteiger partial charge in [0.25, 0.3) is 0 Å². The molecule has 20 heavy (non-hydrogen) atoms. The van der Waals surface area contributed by atoms with Crippen LogP contribution in [0, 0.1) is 0 Å². The van der Waals surface area contributed by atoms with E-state index in [4.69, 9.17) is 5.73 Å². The number of anilines is 1. The summed E-state index contributed by atoms with van der Waals surface area (Å²) in [4.78, 5) is 13.0. The van der Waals surface area contributed by atoms with Crippen molar-refractivity contribution in [3.63, 3.8) is 0 Å². The molecule has 0 aliphatic carbocycles. The Morgan fingerprint density at radius 1 is 1.05 bits per heavy atom. The zero-order valence-corrected chi connectivity index (χ0v) is 12.0. The van der Waals surface area contributed by atoms with E-state index in [9.17, 15) is 4.79 Å². The normalized spacial score (nSPS) is 10.2. The van der Waals surface area contributed by atoms with Crippen molar-refractivity contribution >= 4 is 23.4 Å². The summed E-state index contributed by atoms with van der Waals surface area (Å²) in [5.74, 6) is 0.872. The lowest BCUT2D eigenvalue weighted by Gasteiger charge is -2.07. The zero-order valence-electron chi connectivity index (χ0n) is 11.2. The van der Waals surface area contributed by atoms with Gasteiger partial charge in [0.15, 0.2) is 0 Å². The summed E-state index contributed by atoms with van der Waals surface area (Å²) in [6.07, 6.45) is 0.336. The van der Waals surface area contributed by atoms with Gasteiger partial charge in [-0.25, -0.2) is 0 Å². The Labute approximate surface area is 123 Å². The van der Waals surface area contributed by atoms with E-state index in [-0.39, 0.29) is 5.91 Å². The SMILES string of the molecule is Nc1ccccc1CC(=O)NCCSc1ccccc1. The Kier molecular flexibility index (Phi) is 5.50. The van der Waals surface area contributed by atoms with Gasteiger partial charge in [-0.05, 0) is 23.8 Å². The van der Waals surface area contributed by atoms with E-state index in [2.05, 4.69) is 17.4 Å². The lowest BCUT2D eigenvalue weighted by atomic mass is 10.1. The molecule has 2 aromatic carbocycles. The number of hydrogen-bond acceptors (Lipinski definition) is 3. The van der Waals surface area contributed by atoms with Crippen molar-refractivity contribution in [2.45, 2.75) is 11.3 Å². The highest BCUT2D eigenvalue weighted by molar-refractivity contribution is 7.99. The molecule has 0 fully saturated rings. The fourth-order valence-corrected chi connectivity index (χ4v) is 2.60. The number of thioether (sulfide) groups is 1. The first-order chi connectivity index (χ1) is 9.75. The number of amides is 1. The number of nitrogen functional groups attached to an aromatic ring is 1. The molecule has 2 aromatic rings. The van der Waals surface area contributed by atoms with Gasteiger partial charge in [-0.3, -0.25) is 4.79 Å². The van der Waals surface area contributed by atoms with E-state index in [0.29, 0.717) is 18.7 Å². The third-order valence-corrected chi connectivity index (χ3v) is 3.86. The maximum absolute atomic E-state index is 11.8. The molecule has 3 nitrogen and oxygen atoms in total. The standard InChI is InChI=1S/C16H18N2OS/c17-15-9-5-4-6-13(15)12-16(19)18-10-11-20-14-7-2-1-3-8-14/h1-9H,10-12,17H2,(H,18,19). The molecule has 4 heteroatoms. The number of rotatable bonds is 6. The van der Waals surface area contributed by atoms with Gasteiger partial charge in [0.2, 0.25) is 5.91 Å². The number of hydrogen-bond donors (Lipinski definition) is 2. The molecule has 3 N–H and O–H groups in total. The number of carbonyl (C=O) groups excluding carboxylic acids is 1. The Balaban J connectivity index is 1.69. The van der Waals surface area contributed by atoms with Crippen LogP contribution >= 0.6 is 11.8 Å². The van der Waals surface area contributed by atoms with Crippen molar-refractivity contribution in [2.24, 2.45) is 0 Å². The summed E-state index contributed by atoms with van der Waals surface area (Å²) in [5.41, 5.74) is 7.36. The first-order valence-corrected chi connectivity index (χ1v) is 7.52. The van der Waals surface area contributed by atoms with E-state index in [1.165, 1.54) is 4.90 Å². The monoisotopic (exact) mass is 286 g/mol. The van der Waals surface area contributed by atoms with Gasteiger partial charge in [0.1, 0.15) is 0 Å². The summed E-state index contributed by atoms with van der Waals surface area (Å²) in [5, 5.41) is 2.91. The quantitative estimate of drug-likeness (QED) is 0.488. The van der Waals surface area contributed by atoms with Gasteiger partial charge in [0, 0.05) is 22.9 Å². The summed E-state index contributed by atoms with van der Waals surface area (Å²) in [6.45, 7) is 0.658. The number of para-hydroxylation sites is 1. The molecule has 2 rings (SSSR count). The predicted octanol–water partition coefficient (Wildman–Crippen LogP) is 2.72. The molecule has 104 valence electrons. The van der Waals surface area contributed by atoms with Crippen LogP contribution in [0.2, 0.25) is 0 Å². The van der Waals surface area contributed by atoms with Crippen LogP contribution in [-0.4, -0.2) is 18.2 Å². The van der Waals surface area contributed by atoms with Gasteiger partial charge >= 0.3 is 0 Å². The average molecular weight is 286 g/mol. The van der Waals surface area contributed by atoms with Crippen molar-refractivity contribution in [3.8, 4) is 0 Å². The molecule has 0 aliphatic rings. The molecule has 0 saturated carbocycles. The van der Waals surface area contributed by atoms with Gasteiger partial charge in [-0.15, -0.1) is 11.8 Å². The van der Waals surface area contributed by atoms with Gasteiger partial charge in [-0.2, -0.15) is 0 Å². The van der Waals surface area contributed by atoms with E-state index in [1.54, 1.807) is 11.8 Å². The molecule has 0 atom stereocenters. The van der Waals surface area contributed by atoms with Crippen LogP contribution in [0.5, 0.6) is 0 Å². The molecule has 0 unspecified atom stereocenters. The largest absolute Gasteiger partial charge is 0.398 e. The average Bonchev–Trinajstić information content (AvgIpc) is 2.47. The van der Waals surface area contributed by atoms with Gasteiger partial charge in [0.05, 0.1) is 6.42 Å². The minimum absolute atomic E-state index is 0.0107. The van der Waals surface area contributed by atoms with Crippen molar-refractivity contribution in [2.75, 3.05) is 18.0 Å². The first kappa shape index (κ1) is 14.5. The lowest BCUT2D eigenvalue weighted by molar-refractivity contribution is -0.120. The third-order valence-electron chi connectivity index (χ3n) is 2.84. The number of carbonyl (C=O) groups is 1. The first-order valence-electron chi connectivity index (χ1n) is 6.53. The topological polar surface area (TPSA) is 55.1 Å². The van der Waals surface area contributed by atoms with Crippen LogP contribution in [0.3, 0.4) is 0 Å². The minimum Gasteiger partial charge on any atom is -0.398 e. The summed E-state index contributed by atoms with van der Waals surface area (Å²) in [7, 11) is 0. The maximum Gasteiger partial charge on any atom is 0.224 e. The van der Waals surface area contributed by atoms with E-state index >= 15 is 0 Å². The Morgan fingerprint density at radius 2 is 1.75 bits per heavy atom. The summed E-state index contributed by atoms with van der Waals surface area (Å²) < 4.78 is 0. The third kappa shape index (κ3) is 4.63. The van der Waals surface area contributed by atoms with Crippen LogP contribution in [-0.2, 0) is 11.2 Å². The summed E-state index contributed by atoms with van der Waals surface area (Å²) >= 11 is 1.73. The van der Waals surface area contributed by atoms with Crippen molar-refractivity contribution in [3.05, 3.63) is 60.2 Å². The second-order valence-electron chi connectivity index (χ2n) is 4.39. The van der Waals surface area contributed by atoms with Crippen LogP contribution in [0.4, 0.5) is 5.69 Å². The Morgan fingerprint density at radius 3 is 2.50 bits per heavy atom. The van der Waals surface area contributed by atoms with Crippen LogP contribution in [0.1, 0.15) is 5.56 Å². The molecule has 0 spiro atoms. The molecule has 0 aromatic heterocycles. The van der Waals surface area contributed by atoms with E-state index in [1.807, 2.05) is 42.5 Å². The molecule has 0 bridgehead atoms. The second-order valence-corrected chi connectivity index (χ2v) is 5.56. The molecule has 1 amide bonds. The van der Waals surface area contributed by atoms with Crippen molar-refractivity contribution < 1.29 is 4.79 Å². The second kappa shape index (κ2) is 7.60. The van der Waals surface area contributed by atoms with Crippen molar-refractivity contribution in [1.29, 1.82) is 0 Å². The number of nitrogens with one attached hydrogen (secondary N) is 1. The number of nitrogens with two attached hydrogens (primary N) is 1. The van der Waals surface area contributed by atoms with Gasteiger partial charge in [-0.1, -0.05) is 36.4 Å². The predicted molar refractivity (Wildman–Crippen MR) is 84.7 cm³/mol. The fraction of sp³-hybridized carbons (Fsp3) is 0.188. The lowest BCUT2D eigenvalue weighted by Crippen LogP contribution is -2.27. The highest BCUT2D eigenvalue weighted by atomic mass is 32.2. The molecular weight excluding hydrogens is 268 g/mol. The highest BCUT2D eigenvalue weighted by Crippen LogP contribution is 2.16. The molecule has 0 radical (unpaired) electrons. The minimum atomic E-state index is 0.0107. The van der Waals surface area contributed by atoms with Crippen molar-refractivity contribution in [1.82, 2.24) is 5.32 Å². The maximum atomic E-state index is 11.8. The van der Waals surface area contributed by atoms with Gasteiger partial charge < -0.3 is 11.1 Å². The molecule has 0 aliphatic heterocycles. The van der Waals surface area contributed by atoms with Crippen LogP contribution in [0.15, 0.2) is 59.5 Å². The van der Waals surface area contributed by atoms with Crippen LogP contribution in [0.25, 0.3) is 0 Å². The van der Waals surface area contributed by atoms with Crippen LogP contribution < -0.4 is 11.1 Å². The zero-order chi connectivity index (χ0) is 14.2.